The van der Waals surface area contributed by atoms with E-state index in [0.717, 1.165) is 93.6 Å². The fraction of sp³-hybridized carbons (Fsp3) is 0.750. The van der Waals surface area contributed by atoms with Crippen LogP contribution in [-0.2, 0) is 43.7 Å². The van der Waals surface area contributed by atoms with Crippen LogP contribution in [0.3, 0.4) is 0 Å². The van der Waals surface area contributed by atoms with Crippen molar-refractivity contribution in [3.8, 4) is 0 Å². The number of hydrogen-bond acceptors (Lipinski definition) is 0. The molecule has 0 atom stereocenters. The Balaban J connectivity index is 0.00000154. The van der Waals surface area contributed by atoms with Crippen LogP contribution in [0, 0.1) is 0 Å². The Morgan fingerprint density at radius 1 is 0.299 bits per heavy atom. The van der Waals surface area contributed by atoms with E-state index in [9.17, 15) is 5.53 Å². The maximum atomic E-state index is 12.8. The molecule has 0 aromatic heterocycles. The minimum absolute atomic E-state index is 1.03. The van der Waals surface area contributed by atoms with Gasteiger partial charge in [-0.15, -0.1) is 0 Å². The Kier molecular flexibility index (Phi) is 38.4. The molecule has 0 N–H and O–H groups in total. The predicted molar refractivity (Wildman–Crippen MR) is 297 cm³/mol. The van der Waals surface area contributed by atoms with Gasteiger partial charge in [0, 0.05) is 22.3 Å². The van der Waals surface area contributed by atoms with Crippen LogP contribution < -0.4 is 0 Å². The van der Waals surface area contributed by atoms with Crippen molar-refractivity contribution < 1.29 is 22.7 Å². The summed E-state index contributed by atoms with van der Waals surface area (Å²) in [6, 6.07) is 14.9. The number of benzene rings is 2. The number of nitrogens with zero attached hydrogens (tertiary/aromatic N) is 2. The first-order chi connectivity index (χ1) is 32.9. The van der Waals surface area contributed by atoms with E-state index in [1.165, 1.54) is 234 Å². The number of hydrogen-bond donors (Lipinski definition) is 0. The van der Waals surface area contributed by atoms with Gasteiger partial charge in [-0.25, -0.2) is 4.70 Å². The van der Waals surface area contributed by atoms with Crippen LogP contribution in [0.1, 0.15) is 307 Å². The van der Waals surface area contributed by atoms with Crippen molar-refractivity contribution in [1.82, 2.24) is 0 Å². The molecule has 2 nitrogen and oxygen atoms in total. The summed E-state index contributed by atoms with van der Waals surface area (Å²) >= 11 is 1.07. The first-order valence-electron chi connectivity index (χ1n) is 29.6. The SMILES string of the molecule is CCCCCCCCc1cc(CCCCCCCC)cc(C2=C(CCCC)C(CCCC)=C(c3cc(CCCCCCCC)cc(CCCCCCCC)c3)[N+]2=[N-])c1.CCC[CH2][Pd][CH2]CCC. The second-order valence-corrected chi connectivity index (χ2v) is 22.8. The molecule has 1 aliphatic rings. The summed E-state index contributed by atoms with van der Waals surface area (Å²) in [5, 5.41) is 0. The topological polar surface area (TPSA) is 25.3 Å². The van der Waals surface area contributed by atoms with Crippen molar-refractivity contribution in [2.75, 3.05) is 0 Å². The zero-order valence-corrected chi connectivity index (χ0v) is 47.5. The summed E-state index contributed by atoms with van der Waals surface area (Å²) in [7, 11) is 0. The molecule has 2 aromatic carbocycles. The van der Waals surface area contributed by atoms with Crippen LogP contribution in [-0.4, -0.2) is 4.70 Å². The molecule has 3 heteroatoms. The molecule has 0 saturated heterocycles. The Hall–Kier alpha value is -1.82. The standard InChI is InChI=1S/C56H92N2.2C4H9.Pd/c1-7-13-19-23-27-31-35-47-41-48(36-32-28-24-20-14-8-2)44-51(43-47)55-53(39-17-11-5)54(40-18-12-6)56(58(55)57)52-45-49(37-33-29-25-21-15-9-3)42-50(46-52)38-34-30-26-22-16-10-4;2*1-3-4-2;/h41-46H,7-40H2,1-6H3;2*1,3-4H2,2H3;. The number of allylic oxidation sites excluding steroid dienone is 2. The molecule has 386 valence electrons. The molecule has 67 heavy (non-hydrogen) atoms. The molecule has 1 aliphatic heterocycles. The quantitative estimate of drug-likeness (QED) is 0.0360. The summed E-state index contributed by atoms with van der Waals surface area (Å²) in [6.07, 6.45) is 48.7. The van der Waals surface area contributed by atoms with Crippen molar-refractivity contribution in [3.05, 3.63) is 86.5 Å². The predicted octanol–water partition coefficient (Wildman–Crippen LogP) is 22.4. The zero-order valence-electron chi connectivity index (χ0n) is 46.0. The molecule has 2 aromatic rings. The average Bonchev–Trinajstić information content (AvgIpc) is 3.62. The summed E-state index contributed by atoms with van der Waals surface area (Å²) in [6.45, 7) is 18.4. The van der Waals surface area contributed by atoms with Crippen LogP contribution in [0.25, 0.3) is 16.9 Å². The third-order valence-corrected chi connectivity index (χ3v) is 16.2. The number of unbranched alkanes of at least 4 members (excludes halogenated alkanes) is 24. The van der Waals surface area contributed by atoms with Gasteiger partial charge in [-0.05, 0) is 124 Å². The number of rotatable bonds is 42. The molecule has 0 saturated carbocycles. The van der Waals surface area contributed by atoms with E-state index in [-0.39, 0.29) is 0 Å². The molecule has 0 bridgehead atoms. The van der Waals surface area contributed by atoms with Gasteiger partial charge in [0.1, 0.15) is 0 Å². The van der Waals surface area contributed by atoms with E-state index in [4.69, 9.17) is 0 Å². The maximum absolute atomic E-state index is 12.8. The van der Waals surface area contributed by atoms with Gasteiger partial charge in [0.05, 0.1) is 0 Å². The molecule has 0 unspecified atom stereocenters. The molecule has 1 heterocycles. The van der Waals surface area contributed by atoms with Crippen molar-refractivity contribution >= 4 is 11.4 Å². The van der Waals surface area contributed by atoms with E-state index >= 15 is 0 Å². The first kappa shape index (κ1) is 61.3. The molecule has 3 rings (SSSR count). The first-order valence-corrected chi connectivity index (χ1v) is 31.8. The van der Waals surface area contributed by atoms with Gasteiger partial charge in [-0.3, -0.25) is 0 Å². The Morgan fingerprint density at radius 3 is 0.821 bits per heavy atom. The second kappa shape index (κ2) is 41.9. The van der Waals surface area contributed by atoms with Crippen LogP contribution in [0.15, 0.2) is 47.5 Å². The van der Waals surface area contributed by atoms with Crippen molar-refractivity contribution in [3.63, 3.8) is 0 Å². The van der Waals surface area contributed by atoms with Gasteiger partial charge >= 0.3 is 67.3 Å². The van der Waals surface area contributed by atoms with E-state index in [1.54, 1.807) is 4.70 Å². The van der Waals surface area contributed by atoms with Crippen LogP contribution in [0.4, 0.5) is 0 Å². The molecule has 0 radical (unpaired) electrons. The molecule has 0 amide bonds. The number of aryl methyl sites for hydroxylation is 4. The van der Waals surface area contributed by atoms with E-state index in [0.29, 0.717) is 0 Å². The fourth-order valence-corrected chi connectivity index (χ4v) is 12.0. The van der Waals surface area contributed by atoms with Gasteiger partial charge in [-0.1, -0.05) is 195 Å². The van der Waals surface area contributed by atoms with Crippen LogP contribution >= 0.6 is 0 Å². The summed E-state index contributed by atoms with van der Waals surface area (Å²) in [4.78, 5) is 3.01. The zero-order chi connectivity index (χ0) is 48.6. The monoisotopic (exact) mass is 1010 g/mol. The molecular weight excluding hydrogens is 903 g/mol. The van der Waals surface area contributed by atoms with Crippen molar-refractivity contribution in [2.45, 2.75) is 309 Å². The van der Waals surface area contributed by atoms with E-state index in [1.807, 2.05) is 0 Å². The fourth-order valence-electron chi connectivity index (χ4n) is 9.77. The van der Waals surface area contributed by atoms with Gasteiger partial charge in [0.2, 0.25) is 11.4 Å². The summed E-state index contributed by atoms with van der Waals surface area (Å²) < 4.78 is 1.70. The second-order valence-electron chi connectivity index (χ2n) is 20.5. The Labute approximate surface area is 427 Å². The molecule has 0 aliphatic carbocycles. The summed E-state index contributed by atoms with van der Waals surface area (Å²) in [5.74, 6) is 0. The van der Waals surface area contributed by atoms with Gasteiger partial charge in [0.25, 0.3) is 0 Å². The van der Waals surface area contributed by atoms with Crippen molar-refractivity contribution in [1.29, 1.82) is 0 Å². The third-order valence-electron chi connectivity index (χ3n) is 14.0. The molecular formula is C64H110N2Pd. The van der Waals surface area contributed by atoms with Crippen LogP contribution in [0.5, 0.6) is 0 Å². The molecule has 0 fully saturated rings. The minimum atomic E-state index is 1.03. The normalized spacial score (nSPS) is 12.8. The Morgan fingerprint density at radius 2 is 0.552 bits per heavy atom. The van der Waals surface area contributed by atoms with Gasteiger partial charge < -0.3 is 5.53 Å². The molecule has 0 spiro atoms. The van der Waals surface area contributed by atoms with Crippen molar-refractivity contribution in [2.24, 2.45) is 0 Å². The summed E-state index contributed by atoms with van der Waals surface area (Å²) in [5.41, 5.74) is 26.1. The van der Waals surface area contributed by atoms with E-state index < -0.39 is 0 Å². The average molecular weight is 1010 g/mol. The van der Waals surface area contributed by atoms with E-state index in [2.05, 4.69) is 91.8 Å². The Bertz CT molecular complexity index is 1410. The van der Waals surface area contributed by atoms with Crippen LogP contribution in [0.2, 0.25) is 9.79 Å². The van der Waals surface area contributed by atoms with Gasteiger partial charge in [-0.2, -0.15) is 0 Å². The van der Waals surface area contributed by atoms with Gasteiger partial charge in [0.15, 0.2) is 0 Å². The third kappa shape index (κ3) is 26.8.